The minimum absolute atomic E-state index is 0.0368. The van der Waals surface area contributed by atoms with E-state index in [0.717, 1.165) is 24.2 Å². The lowest BCUT2D eigenvalue weighted by atomic mass is 9.67. The van der Waals surface area contributed by atoms with Crippen LogP contribution >= 0.6 is 0 Å². The summed E-state index contributed by atoms with van der Waals surface area (Å²) in [5.74, 6) is 2.09. The van der Waals surface area contributed by atoms with Gasteiger partial charge < -0.3 is 9.64 Å². The van der Waals surface area contributed by atoms with Crippen molar-refractivity contribution in [1.82, 2.24) is 24.8 Å². The van der Waals surface area contributed by atoms with Gasteiger partial charge in [-0.3, -0.25) is 14.5 Å². The van der Waals surface area contributed by atoms with Gasteiger partial charge in [0.25, 0.3) is 0 Å². The Morgan fingerprint density at radius 1 is 1.02 bits per heavy atom. The van der Waals surface area contributed by atoms with Gasteiger partial charge in [-0.1, -0.05) is 41.6 Å². The van der Waals surface area contributed by atoms with Gasteiger partial charge in [0.05, 0.1) is 12.2 Å². The van der Waals surface area contributed by atoms with Crippen molar-refractivity contribution in [2.75, 3.05) is 19.6 Å². The molecule has 3 aromatic rings. The van der Waals surface area contributed by atoms with E-state index in [1.165, 1.54) is 38.8 Å². The number of benzene rings is 2. The Bertz CT molecular complexity index is 1420. The molecule has 0 saturated carbocycles. The molecule has 4 fully saturated rings. The third kappa shape index (κ3) is 5.33. The van der Waals surface area contributed by atoms with Crippen LogP contribution in [0.5, 0.6) is 5.75 Å². The third-order valence-corrected chi connectivity index (χ3v) is 9.60. The molecule has 4 saturated heterocycles. The number of ketones is 1. The van der Waals surface area contributed by atoms with Crippen molar-refractivity contribution in [3.63, 3.8) is 0 Å². The van der Waals surface area contributed by atoms with Gasteiger partial charge in [-0.05, 0) is 92.9 Å². The van der Waals surface area contributed by atoms with Crippen molar-refractivity contribution in [2.45, 2.75) is 63.3 Å². The highest BCUT2D eigenvalue weighted by atomic mass is 16.5. The number of aromatic nitrogens is 3. The molecule has 5 atom stereocenters. The summed E-state index contributed by atoms with van der Waals surface area (Å²) >= 11 is 0. The first kappa shape index (κ1) is 26.1. The molecular weight excluding hydrogens is 514 g/mol. The number of carbonyl (C=O) groups excluding carboxylic acids is 2. The average Bonchev–Trinajstić information content (AvgIpc) is 3.49. The van der Waals surface area contributed by atoms with Gasteiger partial charge in [0.2, 0.25) is 5.91 Å². The summed E-state index contributed by atoms with van der Waals surface area (Å²) in [5.41, 5.74) is 2.32. The van der Waals surface area contributed by atoms with Crippen molar-refractivity contribution in [3.05, 3.63) is 83.7 Å². The number of piperidine rings is 4. The van der Waals surface area contributed by atoms with Crippen molar-refractivity contribution >= 4 is 17.8 Å². The van der Waals surface area contributed by atoms with Gasteiger partial charge in [0.1, 0.15) is 18.1 Å². The molecule has 0 bridgehead atoms. The number of rotatable bonds is 7. The molecule has 41 heavy (non-hydrogen) atoms. The van der Waals surface area contributed by atoms with E-state index in [2.05, 4.69) is 20.1 Å². The molecule has 7 rings (SSSR count). The van der Waals surface area contributed by atoms with E-state index >= 15 is 0 Å². The van der Waals surface area contributed by atoms with Crippen molar-refractivity contribution in [2.24, 2.45) is 11.8 Å². The zero-order chi connectivity index (χ0) is 27.8. The van der Waals surface area contributed by atoms with E-state index in [1.54, 1.807) is 30.3 Å². The molecule has 2 aromatic carbocycles. The summed E-state index contributed by atoms with van der Waals surface area (Å²) in [4.78, 5) is 30.8. The zero-order valence-electron chi connectivity index (χ0n) is 23.3. The minimum Gasteiger partial charge on any atom is -0.487 e. The molecule has 8 nitrogen and oxygen atoms in total. The zero-order valence-corrected chi connectivity index (χ0v) is 23.3. The summed E-state index contributed by atoms with van der Waals surface area (Å²) in [7, 11) is 0. The van der Waals surface area contributed by atoms with Gasteiger partial charge in [0.15, 0.2) is 5.78 Å². The lowest BCUT2D eigenvalue weighted by Gasteiger charge is -2.59. The number of amides is 1. The molecule has 212 valence electrons. The first-order chi connectivity index (χ1) is 20.1. The van der Waals surface area contributed by atoms with E-state index in [0.29, 0.717) is 41.7 Å². The molecule has 4 aliphatic rings. The van der Waals surface area contributed by atoms with Crippen molar-refractivity contribution in [3.8, 4) is 5.75 Å². The van der Waals surface area contributed by atoms with Crippen LogP contribution in [-0.2, 0) is 11.4 Å². The second-order valence-corrected chi connectivity index (χ2v) is 12.1. The molecule has 0 aliphatic carbocycles. The van der Waals surface area contributed by atoms with Gasteiger partial charge in [0, 0.05) is 30.6 Å². The number of ether oxygens (including phenoxy) is 1. The fourth-order valence-corrected chi connectivity index (χ4v) is 7.73. The molecule has 1 amide bonds. The normalized spacial score (nSPS) is 27.9. The fourth-order valence-electron chi connectivity index (χ4n) is 7.73. The number of carbonyl (C=O) groups is 2. The Morgan fingerprint density at radius 2 is 1.83 bits per heavy atom. The van der Waals surface area contributed by atoms with Crippen molar-refractivity contribution < 1.29 is 14.3 Å². The Hall–Kier alpha value is -3.78. The highest BCUT2D eigenvalue weighted by Crippen LogP contribution is 2.46. The smallest absolute Gasteiger partial charge is 0.224 e. The molecule has 1 aromatic heterocycles. The maximum atomic E-state index is 13.4. The molecule has 0 spiro atoms. The third-order valence-electron chi connectivity index (χ3n) is 9.60. The van der Waals surface area contributed by atoms with Crippen LogP contribution in [0.2, 0.25) is 0 Å². The summed E-state index contributed by atoms with van der Waals surface area (Å²) < 4.78 is 7.84. The second kappa shape index (κ2) is 11.2. The lowest BCUT2D eigenvalue weighted by molar-refractivity contribution is -0.153. The molecule has 0 N–H and O–H groups in total. The predicted molar refractivity (Wildman–Crippen MR) is 155 cm³/mol. The van der Waals surface area contributed by atoms with Gasteiger partial charge in [-0.2, -0.15) is 0 Å². The van der Waals surface area contributed by atoms with Crippen LogP contribution in [0.4, 0.5) is 0 Å². The van der Waals surface area contributed by atoms with Crippen molar-refractivity contribution in [1.29, 1.82) is 0 Å². The molecule has 0 radical (unpaired) electrons. The predicted octanol–water partition coefficient (Wildman–Crippen LogP) is 4.79. The Labute approximate surface area is 241 Å². The summed E-state index contributed by atoms with van der Waals surface area (Å²) in [6.07, 6.45) is 11.8. The maximum Gasteiger partial charge on any atom is 0.224 e. The average molecular weight is 552 g/mol. The first-order valence-electron chi connectivity index (χ1n) is 15.1. The number of allylic oxidation sites excluding steroid dienone is 1. The molecular formula is C33H37N5O3. The standard InChI is InChI=1S/C33H37N5O3/c39-31(15-10-23-6-2-1-3-7-23)24-11-13-28(14-12-24)41-22-26-21-38(35-34-26)27-18-30-29-9-5-17-36-16-4-8-25(33(29)36)20-37(30)32(40)19-27/h1-3,6-7,10-15,21,25,27,29-30,33H,4-5,8-9,16-20,22H2/b15-10+/t25-,27+,29+,30+,33-/m0/s1. The summed E-state index contributed by atoms with van der Waals surface area (Å²) in [6.45, 7) is 3.65. The van der Waals surface area contributed by atoms with Crippen LogP contribution in [-0.4, -0.2) is 68.2 Å². The van der Waals surface area contributed by atoms with E-state index in [4.69, 9.17) is 4.74 Å². The quantitative estimate of drug-likeness (QED) is 0.310. The number of hydrogen-bond donors (Lipinski definition) is 0. The Balaban J connectivity index is 0.968. The largest absolute Gasteiger partial charge is 0.487 e. The highest BCUT2D eigenvalue weighted by molar-refractivity contribution is 6.06. The van der Waals surface area contributed by atoms with Gasteiger partial charge in [-0.25, -0.2) is 4.68 Å². The van der Waals surface area contributed by atoms with Crippen LogP contribution in [0, 0.1) is 11.8 Å². The van der Waals surface area contributed by atoms with Gasteiger partial charge in [-0.15, -0.1) is 5.10 Å². The fraction of sp³-hybridized carbons (Fsp3) is 0.455. The van der Waals surface area contributed by atoms with Crippen LogP contribution in [0.15, 0.2) is 66.9 Å². The van der Waals surface area contributed by atoms with E-state index in [-0.39, 0.29) is 24.3 Å². The minimum atomic E-state index is -0.0538. The highest BCUT2D eigenvalue weighted by Gasteiger charge is 2.52. The van der Waals surface area contributed by atoms with Crippen LogP contribution < -0.4 is 4.74 Å². The van der Waals surface area contributed by atoms with Crippen LogP contribution in [0.3, 0.4) is 0 Å². The number of hydrogen-bond acceptors (Lipinski definition) is 6. The van der Waals surface area contributed by atoms with Crippen LogP contribution in [0.1, 0.15) is 66.2 Å². The van der Waals surface area contributed by atoms with Gasteiger partial charge >= 0.3 is 0 Å². The molecule has 0 unspecified atom stereocenters. The van der Waals surface area contributed by atoms with E-state index in [9.17, 15) is 9.59 Å². The lowest BCUT2D eigenvalue weighted by Crippen LogP contribution is -2.67. The monoisotopic (exact) mass is 551 g/mol. The topological polar surface area (TPSA) is 80.6 Å². The van der Waals surface area contributed by atoms with E-state index < -0.39 is 0 Å². The maximum absolute atomic E-state index is 13.4. The second-order valence-electron chi connectivity index (χ2n) is 12.1. The Morgan fingerprint density at radius 3 is 2.66 bits per heavy atom. The molecule has 8 heteroatoms. The summed E-state index contributed by atoms with van der Waals surface area (Å²) in [5, 5.41) is 8.78. The first-order valence-corrected chi connectivity index (χ1v) is 15.1. The SMILES string of the molecule is O=C(/C=C/c1ccccc1)c1ccc(OCc2cn([C@H]3CC(=O)N4C[C@@H]5CCCN6CCC[C@@H]([C@H]56)[C@H]4C3)nn2)cc1. The number of nitrogens with zero attached hydrogens (tertiary/aromatic N) is 5. The van der Waals surface area contributed by atoms with E-state index in [1.807, 2.05) is 47.3 Å². The molecule has 4 aliphatic heterocycles. The number of fused-ring (bicyclic) bond motifs is 2. The Kier molecular flexibility index (Phi) is 7.17. The summed E-state index contributed by atoms with van der Waals surface area (Å²) in [6, 6.07) is 17.9. The van der Waals surface area contributed by atoms with Crippen LogP contribution in [0.25, 0.3) is 6.08 Å². The molecule has 5 heterocycles.